The van der Waals surface area contributed by atoms with Gasteiger partial charge in [0.1, 0.15) is 0 Å². The van der Waals surface area contributed by atoms with Crippen LogP contribution in [0.15, 0.2) is 6.20 Å². The van der Waals surface area contributed by atoms with E-state index in [0.29, 0.717) is 5.56 Å². The lowest BCUT2D eigenvalue weighted by atomic mass is 10.1. The number of H-pyrrole nitrogens is 1. The number of aryl methyl sites for hydroxylation is 1. The van der Waals surface area contributed by atoms with E-state index in [4.69, 9.17) is 6.42 Å². The second-order valence-electron chi connectivity index (χ2n) is 3.63. The highest BCUT2D eigenvalue weighted by Crippen LogP contribution is 2.06. The molecule has 2 N–H and O–H groups in total. The first-order chi connectivity index (χ1) is 6.46. The van der Waals surface area contributed by atoms with Gasteiger partial charge >= 0.3 is 0 Å². The van der Waals surface area contributed by atoms with Crippen LogP contribution in [-0.4, -0.2) is 21.6 Å². The fourth-order valence-corrected chi connectivity index (χ4v) is 0.967. The number of carbonyl (C=O) groups excluding carboxylic acids is 1. The summed E-state index contributed by atoms with van der Waals surface area (Å²) in [7, 11) is 0. The molecule has 1 rings (SSSR count). The van der Waals surface area contributed by atoms with Crippen LogP contribution in [0.3, 0.4) is 0 Å². The average Bonchev–Trinajstić information content (AvgIpc) is 2.51. The third kappa shape index (κ3) is 2.13. The molecule has 0 aliphatic rings. The molecule has 0 aliphatic carbocycles. The van der Waals surface area contributed by atoms with E-state index < -0.39 is 5.54 Å². The van der Waals surface area contributed by atoms with Gasteiger partial charge in [-0.15, -0.1) is 6.42 Å². The highest BCUT2D eigenvalue weighted by atomic mass is 16.1. The molecule has 4 nitrogen and oxygen atoms in total. The summed E-state index contributed by atoms with van der Waals surface area (Å²) < 4.78 is 0. The van der Waals surface area contributed by atoms with E-state index in [2.05, 4.69) is 21.4 Å². The molecule has 0 radical (unpaired) electrons. The normalized spacial score (nSPS) is 10.7. The Morgan fingerprint density at radius 2 is 2.36 bits per heavy atom. The van der Waals surface area contributed by atoms with Gasteiger partial charge in [-0.1, -0.05) is 5.92 Å². The van der Waals surface area contributed by atoms with Crippen molar-refractivity contribution in [2.24, 2.45) is 0 Å². The number of terminal acetylenes is 1. The van der Waals surface area contributed by atoms with E-state index >= 15 is 0 Å². The molecule has 0 unspecified atom stereocenters. The Bertz CT molecular complexity index is 384. The number of carbonyl (C=O) groups is 1. The van der Waals surface area contributed by atoms with Gasteiger partial charge in [0.05, 0.1) is 17.3 Å². The summed E-state index contributed by atoms with van der Waals surface area (Å²) in [6.45, 7) is 5.31. The van der Waals surface area contributed by atoms with Crippen molar-refractivity contribution in [3.8, 4) is 12.3 Å². The topological polar surface area (TPSA) is 57.8 Å². The molecule has 0 saturated carbocycles. The minimum atomic E-state index is -0.638. The van der Waals surface area contributed by atoms with E-state index in [-0.39, 0.29) is 5.91 Å². The second-order valence-corrected chi connectivity index (χ2v) is 3.63. The maximum absolute atomic E-state index is 11.6. The fraction of sp³-hybridized carbons (Fsp3) is 0.400. The van der Waals surface area contributed by atoms with Gasteiger partial charge in [0, 0.05) is 5.69 Å². The van der Waals surface area contributed by atoms with E-state index in [1.54, 1.807) is 20.8 Å². The Balaban J connectivity index is 2.80. The van der Waals surface area contributed by atoms with Crippen LogP contribution in [0.25, 0.3) is 0 Å². The zero-order valence-electron chi connectivity index (χ0n) is 8.51. The first kappa shape index (κ1) is 10.3. The Kier molecular flexibility index (Phi) is 2.61. The predicted octanol–water partition coefficient (Wildman–Crippen LogP) is 0.860. The van der Waals surface area contributed by atoms with Crippen LogP contribution in [0.2, 0.25) is 0 Å². The summed E-state index contributed by atoms with van der Waals surface area (Å²) in [5, 5.41) is 9.17. The van der Waals surface area contributed by atoms with Crippen LogP contribution in [-0.2, 0) is 0 Å². The minimum absolute atomic E-state index is 0.209. The van der Waals surface area contributed by atoms with E-state index in [1.807, 2.05) is 0 Å². The highest BCUT2D eigenvalue weighted by Gasteiger charge is 2.19. The quantitative estimate of drug-likeness (QED) is 0.681. The van der Waals surface area contributed by atoms with Gasteiger partial charge in [0.15, 0.2) is 0 Å². The Morgan fingerprint density at radius 1 is 1.71 bits per heavy atom. The first-order valence-corrected chi connectivity index (χ1v) is 4.26. The molecule has 1 amide bonds. The van der Waals surface area contributed by atoms with Gasteiger partial charge < -0.3 is 5.32 Å². The SMILES string of the molecule is C#CC(C)(C)NC(=O)c1cn[nH]c1C. The molecule has 0 aliphatic heterocycles. The summed E-state index contributed by atoms with van der Waals surface area (Å²) in [4.78, 5) is 11.6. The number of aromatic amines is 1. The molecule has 0 spiro atoms. The Labute approximate surface area is 83.1 Å². The molecule has 4 heteroatoms. The Hall–Kier alpha value is -1.76. The van der Waals surface area contributed by atoms with Crippen LogP contribution in [0.5, 0.6) is 0 Å². The molecule has 0 fully saturated rings. The van der Waals surface area contributed by atoms with Crippen molar-refractivity contribution < 1.29 is 4.79 Å². The molecule has 74 valence electrons. The molecular weight excluding hydrogens is 178 g/mol. The maximum atomic E-state index is 11.6. The molecular formula is C10H13N3O. The number of rotatable bonds is 2. The van der Waals surface area contributed by atoms with Crippen LogP contribution in [0.1, 0.15) is 29.9 Å². The summed E-state index contributed by atoms with van der Waals surface area (Å²) in [5.74, 6) is 2.28. The molecule has 0 saturated heterocycles. The van der Waals surface area contributed by atoms with Gasteiger partial charge in [-0.25, -0.2) is 0 Å². The monoisotopic (exact) mass is 191 g/mol. The predicted molar refractivity (Wildman–Crippen MR) is 53.7 cm³/mol. The van der Waals surface area contributed by atoms with Gasteiger partial charge in [0.2, 0.25) is 0 Å². The molecule has 1 heterocycles. The highest BCUT2D eigenvalue weighted by molar-refractivity contribution is 5.95. The summed E-state index contributed by atoms with van der Waals surface area (Å²) >= 11 is 0. The molecule has 1 aromatic rings. The van der Waals surface area contributed by atoms with Crippen LogP contribution < -0.4 is 5.32 Å². The van der Waals surface area contributed by atoms with Crippen molar-refractivity contribution in [2.45, 2.75) is 26.3 Å². The summed E-state index contributed by atoms with van der Waals surface area (Å²) in [6, 6.07) is 0. The van der Waals surface area contributed by atoms with Crippen LogP contribution in [0, 0.1) is 19.3 Å². The maximum Gasteiger partial charge on any atom is 0.255 e. The lowest BCUT2D eigenvalue weighted by molar-refractivity contribution is 0.0929. The van der Waals surface area contributed by atoms with Crippen molar-refractivity contribution in [1.29, 1.82) is 0 Å². The number of hydrogen-bond donors (Lipinski definition) is 2. The van der Waals surface area contributed by atoms with Crippen LogP contribution in [0.4, 0.5) is 0 Å². The molecule has 0 aromatic carbocycles. The zero-order valence-corrected chi connectivity index (χ0v) is 8.51. The lowest BCUT2D eigenvalue weighted by Crippen LogP contribution is -2.42. The van der Waals surface area contributed by atoms with E-state index in [1.165, 1.54) is 6.20 Å². The largest absolute Gasteiger partial charge is 0.336 e. The summed E-state index contributed by atoms with van der Waals surface area (Å²) in [5.41, 5.74) is 0.615. The van der Waals surface area contributed by atoms with Crippen molar-refractivity contribution in [3.63, 3.8) is 0 Å². The van der Waals surface area contributed by atoms with Crippen molar-refractivity contribution in [1.82, 2.24) is 15.5 Å². The second kappa shape index (κ2) is 3.54. The van der Waals surface area contributed by atoms with Gasteiger partial charge in [-0.3, -0.25) is 9.89 Å². The number of amides is 1. The first-order valence-electron chi connectivity index (χ1n) is 4.26. The van der Waals surface area contributed by atoms with Crippen LogP contribution >= 0.6 is 0 Å². The number of nitrogens with one attached hydrogen (secondary N) is 2. The Morgan fingerprint density at radius 3 is 2.79 bits per heavy atom. The standard InChI is InChI=1S/C10H13N3O/c1-5-10(3,4)12-9(14)8-6-11-13-7(8)2/h1,6H,2-4H3,(H,11,13)(H,12,14). The number of hydrogen-bond acceptors (Lipinski definition) is 2. The fourth-order valence-electron chi connectivity index (χ4n) is 0.967. The minimum Gasteiger partial charge on any atom is -0.336 e. The van der Waals surface area contributed by atoms with E-state index in [9.17, 15) is 4.79 Å². The van der Waals surface area contributed by atoms with Crippen molar-refractivity contribution >= 4 is 5.91 Å². The molecule has 0 atom stereocenters. The lowest BCUT2D eigenvalue weighted by Gasteiger charge is -2.19. The van der Waals surface area contributed by atoms with Gasteiger partial charge in [0.25, 0.3) is 5.91 Å². The zero-order chi connectivity index (χ0) is 10.8. The number of aromatic nitrogens is 2. The third-order valence-electron chi connectivity index (χ3n) is 1.86. The van der Waals surface area contributed by atoms with E-state index in [0.717, 1.165) is 5.69 Å². The molecule has 1 aromatic heterocycles. The number of nitrogens with zero attached hydrogens (tertiary/aromatic N) is 1. The average molecular weight is 191 g/mol. The smallest absolute Gasteiger partial charge is 0.255 e. The van der Waals surface area contributed by atoms with Crippen molar-refractivity contribution in [2.75, 3.05) is 0 Å². The van der Waals surface area contributed by atoms with Gasteiger partial charge in [-0.2, -0.15) is 5.10 Å². The van der Waals surface area contributed by atoms with Crippen molar-refractivity contribution in [3.05, 3.63) is 17.5 Å². The van der Waals surface area contributed by atoms with Gasteiger partial charge in [-0.05, 0) is 20.8 Å². The molecule has 0 bridgehead atoms. The summed E-state index contributed by atoms with van der Waals surface area (Å²) in [6.07, 6.45) is 6.74. The molecule has 14 heavy (non-hydrogen) atoms. The third-order valence-corrected chi connectivity index (χ3v) is 1.86.